The molecule has 0 aliphatic carbocycles. The van der Waals surface area contributed by atoms with Crippen LogP contribution in [0.1, 0.15) is 0 Å². The minimum absolute atomic E-state index is 0.228. The van der Waals surface area contributed by atoms with E-state index in [0.717, 1.165) is 0 Å². The second kappa shape index (κ2) is 4.93. The minimum Gasteiger partial charge on any atom is -0.446 e. The summed E-state index contributed by atoms with van der Waals surface area (Å²) in [6.45, 7) is 0. The van der Waals surface area contributed by atoms with Crippen LogP contribution in [0.25, 0.3) is 22.9 Å². The Labute approximate surface area is 112 Å². The molecule has 6 nitrogen and oxygen atoms in total. The second-order valence-electron chi connectivity index (χ2n) is 3.93. The van der Waals surface area contributed by atoms with Crippen molar-refractivity contribution in [2.45, 2.75) is 0 Å². The van der Waals surface area contributed by atoms with E-state index in [-0.39, 0.29) is 22.9 Å². The van der Waals surface area contributed by atoms with Crippen molar-refractivity contribution < 1.29 is 8.83 Å². The van der Waals surface area contributed by atoms with Crippen LogP contribution in [0, 0.1) is 0 Å². The predicted octanol–water partition coefficient (Wildman–Crippen LogP) is 1.72. The largest absolute Gasteiger partial charge is 0.446 e. The van der Waals surface area contributed by atoms with Crippen LogP contribution in [0.2, 0.25) is 0 Å². The quantitative estimate of drug-likeness (QED) is 0.703. The highest BCUT2D eigenvalue weighted by atomic mass is 16.3. The molecular weight excluding hydrogens is 260 g/mol. The lowest BCUT2D eigenvalue weighted by Crippen LogP contribution is -2.04. The van der Waals surface area contributed by atoms with Gasteiger partial charge in [-0.25, -0.2) is 0 Å². The van der Waals surface area contributed by atoms with Crippen LogP contribution >= 0.6 is 0 Å². The maximum atomic E-state index is 11.2. The summed E-state index contributed by atoms with van der Waals surface area (Å²) in [6.07, 6.45) is 2.58. The molecule has 2 heterocycles. The fourth-order valence-corrected chi connectivity index (χ4v) is 1.66. The van der Waals surface area contributed by atoms with Crippen LogP contribution in [0.5, 0.6) is 0 Å². The maximum Gasteiger partial charge on any atom is 0.276 e. The summed E-state index contributed by atoms with van der Waals surface area (Å²) in [6, 6.07) is 9.29. The van der Waals surface area contributed by atoms with Gasteiger partial charge in [0.05, 0.1) is 12.5 Å². The second-order valence-corrected chi connectivity index (χ2v) is 3.93. The average Bonchev–Trinajstić information content (AvgIpc) is 2.47. The van der Waals surface area contributed by atoms with Crippen molar-refractivity contribution in [1.29, 1.82) is 0 Å². The van der Waals surface area contributed by atoms with Crippen molar-refractivity contribution in [2.24, 2.45) is 0 Å². The third kappa shape index (κ3) is 2.39. The fraction of sp³-hybridized carbons (Fsp3) is 0. The highest BCUT2D eigenvalue weighted by Gasteiger charge is 2.06. The van der Waals surface area contributed by atoms with Crippen LogP contribution in [0.3, 0.4) is 0 Å². The van der Waals surface area contributed by atoms with Gasteiger partial charge in [0.1, 0.15) is 0 Å². The lowest BCUT2D eigenvalue weighted by atomic mass is 10.1. The third-order valence-electron chi connectivity index (χ3n) is 2.58. The molecule has 3 aromatic rings. The molecule has 0 amide bonds. The molecule has 20 heavy (non-hydrogen) atoms. The molecule has 0 radical (unpaired) electrons. The van der Waals surface area contributed by atoms with Crippen molar-refractivity contribution in [3.63, 3.8) is 0 Å². The third-order valence-corrected chi connectivity index (χ3v) is 2.58. The number of nitrogens with zero attached hydrogens (tertiary/aromatic N) is 2. The molecule has 0 aliphatic rings. The van der Waals surface area contributed by atoms with E-state index in [1.807, 2.05) is 0 Å². The van der Waals surface area contributed by atoms with Crippen LogP contribution in [0.15, 0.2) is 67.3 Å². The first-order valence-corrected chi connectivity index (χ1v) is 5.75. The number of hydrogen-bond acceptors (Lipinski definition) is 6. The Morgan fingerprint density at radius 1 is 0.650 bits per heavy atom. The molecule has 1 aromatic carbocycles. The van der Waals surface area contributed by atoms with Gasteiger partial charge in [-0.05, 0) is 24.3 Å². The van der Waals surface area contributed by atoms with E-state index in [1.54, 1.807) is 24.3 Å². The standard InChI is InChI=1S/C14H8N2O4/c17-11-5-7-19-13(15-11)9-1-2-10(4-3-9)14-16-12(18)6-8-20-14/h1-8H. The zero-order valence-electron chi connectivity index (χ0n) is 10.1. The Balaban J connectivity index is 2.00. The summed E-state index contributed by atoms with van der Waals surface area (Å²) in [4.78, 5) is 29.8. The normalized spacial score (nSPS) is 10.4. The molecule has 0 bridgehead atoms. The Hall–Kier alpha value is -3.02. The van der Waals surface area contributed by atoms with Gasteiger partial charge >= 0.3 is 0 Å². The molecule has 0 saturated heterocycles. The molecule has 0 unspecified atom stereocenters. The Morgan fingerprint density at radius 2 is 1.05 bits per heavy atom. The van der Waals surface area contributed by atoms with Crippen LogP contribution in [-0.4, -0.2) is 9.97 Å². The molecule has 0 N–H and O–H groups in total. The van der Waals surface area contributed by atoms with Gasteiger partial charge in [-0.3, -0.25) is 9.59 Å². The van der Waals surface area contributed by atoms with Gasteiger partial charge in [0.15, 0.2) is 0 Å². The summed E-state index contributed by atoms with van der Waals surface area (Å²) in [7, 11) is 0. The molecule has 0 aliphatic heterocycles. The summed E-state index contributed by atoms with van der Waals surface area (Å²) < 4.78 is 10.3. The highest BCUT2D eigenvalue weighted by Crippen LogP contribution is 2.21. The Kier molecular flexibility index (Phi) is 2.96. The predicted molar refractivity (Wildman–Crippen MR) is 70.0 cm³/mol. The Morgan fingerprint density at radius 3 is 1.40 bits per heavy atom. The van der Waals surface area contributed by atoms with E-state index in [4.69, 9.17) is 8.83 Å². The number of hydrogen-bond donors (Lipinski definition) is 0. The minimum atomic E-state index is -0.369. The van der Waals surface area contributed by atoms with Crippen molar-refractivity contribution in [1.82, 2.24) is 9.97 Å². The van der Waals surface area contributed by atoms with Crippen molar-refractivity contribution in [3.05, 3.63) is 69.6 Å². The smallest absolute Gasteiger partial charge is 0.276 e. The molecular formula is C14H8N2O4. The number of aromatic nitrogens is 2. The lowest BCUT2D eigenvalue weighted by Gasteiger charge is -2.01. The van der Waals surface area contributed by atoms with Crippen LogP contribution < -0.4 is 11.1 Å². The van der Waals surface area contributed by atoms with E-state index in [1.165, 1.54) is 24.7 Å². The topological polar surface area (TPSA) is 86.2 Å². The molecule has 6 heteroatoms. The van der Waals surface area contributed by atoms with E-state index >= 15 is 0 Å². The first-order valence-electron chi connectivity index (χ1n) is 5.75. The molecule has 0 fully saturated rings. The number of benzene rings is 1. The summed E-state index contributed by atoms with van der Waals surface area (Å²) in [5.74, 6) is 0.457. The van der Waals surface area contributed by atoms with Gasteiger partial charge in [-0.2, -0.15) is 9.97 Å². The van der Waals surface area contributed by atoms with Gasteiger partial charge < -0.3 is 8.83 Å². The van der Waals surface area contributed by atoms with Crippen molar-refractivity contribution in [2.75, 3.05) is 0 Å². The zero-order chi connectivity index (χ0) is 13.9. The highest BCUT2D eigenvalue weighted by molar-refractivity contribution is 5.61. The van der Waals surface area contributed by atoms with E-state index in [0.29, 0.717) is 11.1 Å². The van der Waals surface area contributed by atoms with Crippen molar-refractivity contribution in [3.8, 4) is 22.9 Å². The zero-order valence-corrected chi connectivity index (χ0v) is 10.1. The van der Waals surface area contributed by atoms with Crippen LogP contribution in [0.4, 0.5) is 0 Å². The first-order chi connectivity index (χ1) is 9.72. The fourth-order valence-electron chi connectivity index (χ4n) is 1.66. The van der Waals surface area contributed by atoms with Gasteiger partial charge in [0.2, 0.25) is 11.8 Å². The molecule has 0 saturated carbocycles. The van der Waals surface area contributed by atoms with Gasteiger partial charge in [0, 0.05) is 23.3 Å². The van der Waals surface area contributed by atoms with Gasteiger partial charge in [-0.1, -0.05) is 0 Å². The Bertz CT molecular complexity index is 777. The van der Waals surface area contributed by atoms with E-state index < -0.39 is 0 Å². The maximum absolute atomic E-state index is 11.2. The molecule has 98 valence electrons. The molecule has 3 rings (SSSR count). The number of rotatable bonds is 2. The first kappa shape index (κ1) is 12.0. The summed E-state index contributed by atoms with van der Waals surface area (Å²) >= 11 is 0. The lowest BCUT2D eigenvalue weighted by molar-refractivity contribution is 0.540. The summed E-state index contributed by atoms with van der Waals surface area (Å²) in [5, 5.41) is 0. The summed E-state index contributed by atoms with van der Waals surface area (Å²) in [5.41, 5.74) is 0.548. The monoisotopic (exact) mass is 268 g/mol. The average molecular weight is 268 g/mol. The molecule has 0 spiro atoms. The SMILES string of the molecule is O=c1ccoc(-c2ccc(-c3nc(=O)cco3)cc2)n1. The van der Waals surface area contributed by atoms with Crippen molar-refractivity contribution >= 4 is 0 Å². The van der Waals surface area contributed by atoms with Gasteiger partial charge in [-0.15, -0.1) is 0 Å². The van der Waals surface area contributed by atoms with E-state index in [2.05, 4.69) is 9.97 Å². The molecule has 2 aromatic heterocycles. The van der Waals surface area contributed by atoms with Gasteiger partial charge in [0.25, 0.3) is 11.1 Å². The molecule has 0 atom stereocenters. The van der Waals surface area contributed by atoms with Crippen LogP contribution in [-0.2, 0) is 0 Å². The van der Waals surface area contributed by atoms with E-state index in [9.17, 15) is 9.59 Å².